The van der Waals surface area contributed by atoms with Gasteiger partial charge in [-0.1, -0.05) is 6.08 Å². The van der Waals surface area contributed by atoms with Crippen molar-refractivity contribution in [1.82, 2.24) is 0 Å². The van der Waals surface area contributed by atoms with Crippen molar-refractivity contribution in [3.05, 3.63) is 22.3 Å². The molecule has 1 aliphatic carbocycles. The first-order valence-electron chi connectivity index (χ1n) is 3.01. The molecule has 0 aliphatic heterocycles. The zero-order valence-corrected chi connectivity index (χ0v) is 5.32. The highest BCUT2D eigenvalue weighted by Crippen LogP contribution is 2.13. The van der Waals surface area contributed by atoms with E-state index < -0.39 is 4.92 Å². The summed E-state index contributed by atoms with van der Waals surface area (Å²) in [5.41, 5.74) is 0. The van der Waals surface area contributed by atoms with Crippen LogP contribution in [0.5, 0.6) is 0 Å². The number of hydrogen-bond donors (Lipinski definition) is 0. The van der Waals surface area contributed by atoms with Gasteiger partial charge in [-0.3, -0.25) is 14.9 Å². The average Bonchev–Trinajstić information content (AvgIpc) is 2.13. The highest BCUT2D eigenvalue weighted by Gasteiger charge is 2.19. The van der Waals surface area contributed by atoms with Crippen molar-refractivity contribution in [3.63, 3.8) is 0 Å². The van der Waals surface area contributed by atoms with Gasteiger partial charge in [0.1, 0.15) is 0 Å². The number of nitrogens with zero attached hydrogens (tertiary/aromatic N) is 1. The molecule has 0 heterocycles. The van der Waals surface area contributed by atoms with E-state index in [2.05, 4.69) is 0 Å². The van der Waals surface area contributed by atoms with Crippen LogP contribution in [0.4, 0.5) is 0 Å². The number of ketones is 1. The number of hydrogen-bond acceptors (Lipinski definition) is 3. The summed E-state index contributed by atoms with van der Waals surface area (Å²) < 4.78 is 0. The number of rotatable bonds is 2. The molecular weight excluding hydrogens is 134 g/mol. The topological polar surface area (TPSA) is 60.2 Å². The Kier molecular flexibility index (Phi) is 1.80. The third-order valence-electron chi connectivity index (χ3n) is 1.40. The molecule has 0 aromatic carbocycles. The Morgan fingerprint density at radius 1 is 1.80 bits per heavy atom. The summed E-state index contributed by atoms with van der Waals surface area (Å²) in [5.74, 6) is -0.172. The summed E-state index contributed by atoms with van der Waals surface area (Å²) in [5, 5.41) is 9.92. The predicted octanol–water partition coefficient (Wildman–Crippen LogP) is 0.408. The van der Waals surface area contributed by atoms with Crippen LogP contribution >= 0.6 is 0 Å². The lowest BCUT2D eigenvalue weighted by molar-refractivity contribution is -0.485. The molecule has 1 aliphatic rings. The second-order valence-corrected chi connectivity index (χ2v) is 2.30. The minimum absolute atomic E-state index is 0.00755. The Morgan fingerprint density at radius 2 is 2.50 bits per heavy atom. The molecular formula is C6H7NO3. The Morgan fingerprint density at radius 3 is 2.90 bits per heavy atom. The first kappa shape index (κ1) is 6.92. The van der Waals surface area contributed by atoms with Crippen molar-refractivity contribution in [1.29, 1.82) is 0 Å². The highest BCUT2D eigenvalue weighted by atomic mass is 16.6. The van der Waals surface area contributed by atoms with Gasteiger partial charge in [-0.25, -0.2) is 0 Å². The Bertz CT molecular complexity index is 197. The van der Waals surface area contributed by atoms with Crippen LogP contribution in [0, 0.1) is 16.0 Å². The zero-order valence-electron chi connectivity index (χ0n) is 5.32. The fourth-order valence-corrected chi connectivity index (χ4v) is 0.955. The summed E-state index contributed by atoms with van der Waals surface area (Å²) in [4.78, 5) is 20.1. The molecule has 1 rings (SSSR count). The number of carbonyl (C=O) groups excluding carboxylic acids is 1. The lowest BCUT2D eigenvalue weighted by atomic mass is 10.1. The van der Waals surface area contributed by atoms with E-state index in [4.69, 9.17) is 0 Å². The van der Waals surface area contributed by atoms with Crippen molar-refractivity contribution in [2.24, 2.45) is 5.92 Å². The quantitative estimate of drug-likeness (QED) is 0.413. The predicted molar refractivity (Wildman–Crippen MR) is 34.1 cm³/mol. The standard InChI is InChI=1S/C6H7NO3/c8-6-2-1-5(3-6)4-7(9)10/h1-2,5H,3-4H2. The van der Waals surface area contributed by atoms with Crippen molar-refractivity contribution in [2.75, 3.05) is 6.54 Å². The van der Waals surface area contributed by atoms with Crippen LogP contribution < -0.4 is 0 Å². The minimum Gasteiger partial charge on any atom is -0.295 e. The zero-order chi connectivity index (χ0) is 7.56. The number of carbonyl (C=O) groups is 1. The Balaban J connectivity index is 2.40. The van der Waals surface area contributed by atoms with Crippen LogP contribution in [-0.2, 0) is 4.79 Å². The molecule has 1 atom stereocenters. The van der Waals surface area contributed by atoms with E-state index >= 15 is 0 Å². The first-order chi connectivity index (χ1) is 4.68. The second-order valence-electron chi connectivity index (χ2n) is 2.30. The second kappa shape index (κ2) is 2.60. The van der Waals surface area contributed by atoms with E-state index in [0.717, 1.165) is 0 Å². The smallest absolute Gasteiger partial charge is 0.210 e. The van der Waals surface area contributed by atoms with E-state index in [9.17, 15) is 14.9 Å². The monoisotopic (exact) mass is 141 g/mol. The van der Waals surface area contributed by atoms with Crippen LogP contribution in [0.2, 0.25) is 0 Å². The van der Waals surface area contributed by atoms with Crippen molar-refractivity contribution < 1.29 is 9.72 Å². The highest BCUT2D eigenvalue weighted by molar-refractivity contribution is 5.92. The van der Waals surface area contributed by atoms with Gasteiger partial charge >= 0.3 is 0 Å². The molecule has 0 aromatic rings. The van der Waals surface area contributed by atoms with Crippen molar-refractivity contribution >= 4 is 5.78 Å². The summed E-state index contributed by atoms with van der Waals surface area (Å²) in [6, 6.07) is 0. The van der Waals surface area contributed by atoms with Crippen LogP contribution in [-0.4, -0.2) is 17.3 Å². The van der Waals surface area contributed by atoms with Gasteiger partial charge in [-0.05, 0) is 6.08 Å². The molecule has 0 saturated carbocycles. The van der Waals surface area contributed by atoms with Gasteiger partial charge in [-0.2, -0.15) is 0 Å². The molecule has 0 N–H and O–H groups in total. The molecule has 54 valence electrons. The minimum atomic E-state index is -0.395. The maximum Gasteiger partial charge on any atom is 0.210 e. The molecule has 0 amide bonds. The maximum absolute atomic E-state index is 10.5. The summed E-state index contributed by atoms with van der Waals surface area (Å²) in [6.45, 7) is -0.123. The van der Waals surface area contributed by atoms with Crippen LogP contribution in [0.3, 0.4) is 0 Å². The summed E-state index contributed by atoms with van der Waals surface area (Å²) in [6.07, 6.45) is 3.32. The molecule has 0 saturated heterocycles. The lowest BCUT2D eigenvalue weighted by Gasteiger charge is -1.96. The van der Waals surface area contributed by atoms with Gasteiger partial charge in [0, 0.05) is 17.3 Å². The van der Waals surface area contributed by atoms with Crippen LogP contribution in [0.15, 0.2) is 12.2 Å². The normalized spacial score (nSPS) is 23.6. The van der Waals surface area contributed by atoms with E-state index in [-0.39, 0.29) is 18.2 Å². The van der Waals surface area contributed by atoms with Gasteiger partial charge in [0.15, 0.2) is 5.78 Å². The Hall–Kier alpha value is -1.19. The molecule has 4 heteroatoms. The molecule has 0 aromatic heterocycles. The molecule has 1 unspecified atom stereocenters. The molecule has 0 bridgehead atoms. The SMILES string of the molecule is O=C1C=CC(C[N+](=O)[O-])C1. The fourth-order valence-electron chi connectivity index (χ4n) is 0.955. The van der Waals surface area contributed by atoms with Crippen LogP contribution in [0.1, 0.15) is 6.42 Å². The van der Waals surface area contributed by atoms with Gasteiger partial charge in [0.2, 0.25) is 6.54 Å². The van der Waals surface area contributed by atoms with Gasteiger partial charge in [-0.15, -0.1) is 0 Å². The summed E-state index contributed by atoms with van der Waals surface area (Å²) in [7, 11) is 0. The third kappa shape index (κ3) is 1.65. The van der Waals surface area contributed by atoms with Gasteiger partial charge < -0.3 is 0 Å². The number of nitro groups is 1. The van der Waals surface area contributed by atoms with E-state index in [1.807, 2.05) is 0 Å². The average molecular weight is 141 g/mol. The summed E-state index contributed by atoms with van der Waals surface area (Å²) >= 11 is 0. The fraction of sp³-hybridized carbons (Fsp3) is 0.500. The van der Waals surface area contributed by atoms with E-state index in [1.165, 1.54) is 6.08 Å². The molecule has 0 spiro atoms. The molecule has 4 nitrogen and oxygen atoms in total. The molecule has 10 heavy (non-hydrogen) atoms. The van der Waals surface area contributed by atoms with Crippen LogP contribution in [0.25, 0.3) is 0 Å². The number of allylic oxidation sites excluding steroid dienone is 1. The third-order valence-corrected chi connectivity index (χ3v) is 1.40. The lowest BCUT2D eigenvalue weighted by Crippen LogP contribution is -2.10. The van der Waals surface area contributed by atoms with Gasteiger partial charge in [0.05, 0.1) is 0 Å². The maximum atomic E-state index is 10.5. The van der Waals surface area contributed by atoms with Crippen molar-refractivity contribution in [2.45, 2.75) is 6.42 Å². The Labute approximate surface area is 57.7 Å². The van der Waals surface area contributed by atoms with E-state index in [1.54, 1.807) is 6.08 Å². The first-order valence-corrected chi connectivity index (χ1v) is 3.01. The molecule has 0 radical (unpaired) electrons. The molecule has 0 fully saturated rings. The van der Waals surface area contributed by atoms with Crippen molar-refractivity contribution in [3.8, 4) is 0 Å². The van der Waals surface area contributed by atoms with E-state index in [0.29, 0.717) is 6.42 Å². The largest absolute Gasteiger partial charge is 0.295 e. The van der Waals surface area contributed by atoms with Gasteiger partial charge in [0.25, 0.3) is 0 Å².